The highest BCUT2D eigenvalue weighted by atomic mass is 16.7. The lowest BCUT2D eigenvalue weighted by Gasteiger charge is -2.09. The molecule has 2 aliphatic rings. The Morgan fingerprint density at radius 2 is 1.56 bits per heavy atom. The molecule has 2 aromatic carbocycles. The Balaban J connectivity index is 1.26. The molecule has 0 saturated carbocycles. The summed E-state index contributed by atoms with van der Waals surface area (Å²) >= 11 is 0. The number of hydrogen-bond donors (Lipinski definition) is 2. The smallest absolute Gasteiger partial charge is 0.231 e. The quantitative estimate of drug-likeness (QED) is 0.713. The first kappa shape index (κ1) is 15.6. The van der Waals surface area contributed by atoms with Crippen LogP contribution in [-0.4, -0.2) is 23.6 Å². The molecule has 8 nitrogen and oxygen atoms in total. The third-order valence-corrected chi connectivity index (χ3v) is 4.19. The van der Waals surface area contributed by atoms with Gasteiger partial charge in [0.05, 0.1) is 0 Å². The molecule has 0 fully saturated rings. The maximum absolute atomic E-state index is 5.40. The van der Waals surface area contributed by atoms with Gasteiger partial charge in [0.1, 0.15) is 5.82 Å². The molecule has 2 N–H and O–H groups in total. The SMILES string of the molecule is c1cc(NCc2ccc3c(c2)OCO3)nc(Nc2ccc3c(c2)OCO3)n1. The van der Waals surface area contributed by atoms with Gasteiger partial charge in [-0.15, -0.1) is 0 Å². The fourth-order valence-corrected chi connectivity index (χ4v) is 2.86. The molecule has 0 bridgehead atoms. The molecule has 2 aliphatic heterocycles. The van der Waals surface area contributed by atoms with Crippen LogP contribution in [0.2, 0.25) is 0 Å². The second-order valence-corrected chi connectivity index (χ2v) is 6.00. The molecular weight excluding hydrogens is 348 g/mol. The van der Waals surface area contributed by atoms with Gasteiger partial charge < -0.3 is 29.6 Å². The zero-order chi connectivity index (χ0) is 18.1. The fourth-order valence-electron chi connectivity index (χ4n) is 2.86. The van der Waals surface area contributed by atoms with E-state index < -0.39 is 0 Å². The molecule has 0 spiro atoms. The molecule has 0 amide bonds. The monoisotopic (exact) mass is 364 g/mol. The third kappa shape index (κ3) is 3.24. The topological polar surface area (TPSA) is 86.8 Å². The molecule has 1 aromatic heterocycles. The molecule has 3 aromatic rings. The number of benzene rings is 2. The van der Waals surface area contributed by atoms with E-state index in [1.807, 2.05) is 42.5 Å². The molecule has 3 heterocycles. The largest absolute Gasteiger partial charge is 0.454 e. The summed E-state index contributed by atoms with van der Waals surface area (Å²) < 4.78 is 21.4. The van der Waals surface area contributed by atoms with Crippen LogP contribution in [0.3, 0.4) is 0 Å². The third-order valence-electron chi connectivity index (χ3n) is 4.19. The summed E-state index contributed by atoms with van der Waals surface area (Å²) in [5.41, 5.74) is 1.90. The lowest BCUT2D eigenvalue weighted by molar-refractivity contribution is 0.173. The Labute approximate surface area is 155 Å². The molecular formula is C19H16N4O4. The van der Waals surface area contributed by atoms with Crippen molar-refractivity contribution in [2.45, 2.75) is 6.54 Å². The number of anilines is 3. The lowest BCUT2D eigenvalue weighted by Crippen LogP contribution is -2.04. The Bertz CT molecular complexity index is 995. The summed E-state index contributed by atoms with van der Waals surface area (Å²) in [5.74, 6) is 4.19. The van der Waals surface area contributed by atoms with Crippen LogP contribution >= 0.6 is 0 Å². The van der Waals surface area contributed by atoms with Crippen LogP contribution in [0.1, 0.15) is 5.56 Å². The van der Waals surface area contributed by atoms with E-state index in [0.717, 1.165) is 28.5 Å². The van der Waals surface area contributed by atoms with Crippen LogP contribution in [0, 0.1) is 0 Å². The summed E-state index contributed by atoms with van der Waals surface area (Å²) in [6.07, 6.45) is 1.70. The Kier molecular flexibility index (Phi) is 3.78. The number of ether oxygens (including phenoxy) is 4. The second kappa shape index (κ2) is 6.56. The minimum atomic E-state index is 0.245. The van der Waals surface area contributed by atoms with E-state index in [4.69, 9.17) is 18.9 Å². The van der Waals surface area contributed by atoms with Gasteiger partial charge in [-0.2, -0.15) is 4.98 Å². The van der Waals surface area contributed by atoms with Gasteiger partial charge in [0.2, 0.25) is 19.5 Å². The number of hydrogen-bond acceptors (Lipinski definition) is 8. The zero-order valence-electron chi connectivity index (χ0n) is 14.3. The second-order valence-electron chi connectivity index (χ2n) is 6.00. The highest BCUT2D eigenvalue weighted by molar-refractivity contribution is 5.61. The van der Waals surface area contributed by atoms with Crippen molar-refractivity contribution in [1.82, 2.24) is 9.97 Å². The lowest BCUT2D eigenvalue weighted by atomic mass is 10.2. The minimum Gasteiger partial charge on any atom is -0.454 e. The van der Waals surface area contributed by atoms with Gasteiger partial charge in [0, 0.05) is 24.5 Å². The molecule has 0 aliphatic carbocycles. The average molecular weight is 364 g/mol. The average Bonchev–Trinajstić information content (AvgIpc) is 3.35. The van der Waals surface area contributed by atoms with Gasteiger partial charge in [-0.3, -0.25) is 0 Å². The Hall–Kier alpha value is -3.68. The van der Waals surface area contributed by atoms with Crippen LogP contribution in [0.4, 0.5) is 17.5 Å². The summed E-state index contributed by atoms with van der Waals surface area (Å²) in [6.45, 7) is 1.12. The molecule has 0 atom stereocenters. The van der Waals surface area contributed by atoms with Crippen molar-refractivity contribution in [1.29, 1.82) is 0 Å². The van der Waals surface area contributed by atoms with Crippen molar-refractivity contribution in [2.75, 3.05) is 24.2 Å². The maximum atomic E-state index is 5.40. The highest BCUT2D eigenvalue weighted by Gasteiger charge is 2.14. The summed E-state index contributed by atoms with van der Waals surface area (Å²) in [6, 6.07) is 13.3. The van der Waals surface area contributed by atoms with Crippen LogP contribution in [0.25, 0.3) is 0 Å². The number of rotatable bonds is 5. The van der Waals surface area contributed by atoms with Crippen molar-refractivity contribution in [2.24, 2.45) is 0 Å². The van der Waals surface area contributed by atoms with Crippen molar-refractivity contribution in [3.8, 4) is 23.0 Å². The van der Waals surface area contributed by atoms with Crippen LogP contribution in [0.15, 0.2) is 48.7 Å². The molecule has 136 valence electrons. The molecule has 27 heavy (non-hydrogen) atoms. The number of nitrogens with one attached hydrogen (secondary N) is 2. The summed E-state index contributed by atoms with van der Waals surface area (Å²) in [7, 11) is 0. The van der Waals surface area contributed by atoms with E-state index in [-0.39, 0.29) is 13.6 Å². The first-order valence-corrected chi connectivity index (χ1v) is 8.46. The van der Waals surface area contributed by atoms with E-state index >= 15 is 0 Å². The van der Waals surface area contributed by atoms with Crippen molar-refractivity contribution >= 4 is 17.5 Å². The van der Waals surface area contributed by atoms with Crippen molar-refractivity contribution in [3.63, 3.8) is 0 Å². The number of fused-ring (bicyclic) bond motifs is 2. The van der Waals surface area contributed by atoms with Crippen LogP contribution in [0.5, 0.6) is 23.0 Å². The van der Waals surface area contributed by atoms with Crippen molar-refractivity contribution < 1.29 is 18.9 Å². The fraction of sp³-hybridized carbons (Fsp3) is 0.158. The standard InChI is InChI=1S/C19H16N4O4/c1-3-14-16(26-10-24-14)7-12(1)9-21-18-5-6-20-19(23-18)22-13-2-4-15-17(8-13)27-11-25-15/h1-8H,9-11H2,(H2,20,21,22,23). The summed E-state index contributed by atoms with van der Waals surface area (Å²) in [4.78, 5) is 8.75. The molecule has 0 saturated heterocycles. The first-order valence-electron chi connectivity index (χ1n) is 8.46. The maximum Gasteiger partial charge on any atom is 0.231 e. The van der Waals surface area contributed by atoms with E-state index in [0.29, 0.717) is 24.1 Å². The van der Waals surface area contributed by atoms with Gasteiger partial charge in [0.15, 0.2) is 23.0 Å². The summed E-state index contributed by atoms with van der Waals surface area (Å²) in [5, 5.41) is 6.46. The minimum absolute atomic E-state index is 0.245. The molecule has 0 unspecified atom stereocenters. The number of aromatic nitrogens is 2. The predicted octanol–water partition coefficient (Wildman–Crippen LogP) is 3.29. The van der Waals surface area contributed by atoms with Gasteiger partial charge in [-0.25, -0.2) is 4.98 Å². The molecule has 0 radical (unpaired) electrons. The van der Waals surface area contributed by atoms with Crippen molar-refractivity contribution in [3.05, 3.63) is 54.2 Å². The first-order chi connectivity index (χ1) is 13.3. The Morgan fingerprint density at radius 3 is 2.41 bits per heavy atom. The van der Waals surface area contributed by atoms with Crippen LogP contribution < -0.4 is 29.6 Å². The van der Waals surface area contributed by atoms with E-state index in [1.54, 1.807) is 6.20 Å². The normalized spacial score (nSPS) is 13.5. The number of nitrogens with zero attached hydrogens (tertiary/aromatic N) is 2. The van der Waals surface area contributed by atoms with Gasteiger partial charge in [-0.1, -0.05) is 6.07 Å². The van der Waals surface area contributed by atoms with Gasteiger partial charge in [0.25, 0.3) is 0 Å². The molecule has 5 rings (SSSR count). The predicted molar refractivity (Wildman–Crippen MR) is 97.8 cm³/mol. The van der Waals surface area contributed by atoms with E-state index in [1.165, 1.54) is 0 Å². The Morgan fingerprint density at radius 1 is 0.815 bits per heavy atom. The molecule has 8 heteroatoms. The zero-order valence-corrected chi connectivity index (χ0v) is 14.3. The van der Waals surface area contributed by atoms with E-state index in [2.05, 4.69) is 20.6 Å². The van der Waals surface area contributed by atoms with Gasteiger partial charge in [-0.05, 0) is 35.9 Å². The van der Waals surface area contributed by atoms with E-state index in [9.17, 15) is 0 Å². The van der Waals surface area contributed by atoms with Crippen LogP contribution in [-0.2, 0) is 6.54 Å². The highest BCUT2D eigenvalue weighted by Crippen LogP contribution is 2.35. The van der Waals surface area contributed by atoms with Gasteiger partial charge >= 0.3 is 0 Å².